The topological polar surface area (TPSA) is 204 Å². The van der Waals surface area contributed by atoms with Crippen LogP contribution < -0.4 is 11.2 Å². The van der Waals surface area contributed by atoms with Crippen molar-refractivity contribution >= 4 is 34.3 Å². The average molecular weight is 607 g/mol. The average Bonchev–Trinajstić information content (AvgIpc) is 3.12. The van der Waals surface area contributed by atoms with Gasteiger partial charge >= 0.3 is 34.5 Å². The molecule has 0 aromatic rings. The highest BCUT2D eigenvalue weighted by molar-refractivity contribution is 7.81. The maximum absolute atomic E-state index is 12.8. The molecule has 2 aliphatic heterocycles. The van der Waals surface area contributed by atoms with Crippen LogP contribution in [0.5, 0.6) is 0 Å². The minimum atomic E-state index is -5.08. The third-order valence-electron chi connectivity index (χ3n) is 6.43. The van der Waals surface area contributed by atoms with Crippen LogP contribution >= 0.6 is 0 Å². The molecule has 0 aromatic heterocycles. The van der Waals surface area contributed by atoms with Crippen LogP contribution in [0.15, 0.2) is 0 Å². The molecule has 19 heteroatoms. The molecule has 1 saturated carbocycles. The second kappa shape index (κ2) is 14.2. The van der Waals surface area contributed by atoms with Crippen LogP contribution in [0, 0.1) is 5.41 Å². The second-order valence-electron chi connectivity index (χ2n) is 9.22. The number of carbonyl (C=O) groups is 4. The van der Waals surface area contributed by atoms with Crippen molar-refractivity contribution in [2.24, 2.45) is 11.1 Å². The van der Waals surface area contributed by atoms with Gasteiger partial charge in [-0.3, -0.25) is 14.4 Å². The number of amides is 3. The van der Waals surface area contributed by atoms with Crippen molar-refractivity contribution in [3.63, 3.8) is 0 Å². The van der Waals surface area contributed by atoms with Gasteiger partial charge in [0.25, 0.3) is 5.91 Å². The van der Waals surface area contributed by atoms with Gasteiger partial charge in [-0.1, -0.05) is 19.3 Å². The summed E-state index contributed by atoms with van der Waals surface area (Å²) in [5, 5.41) is 7.85. The summed E-state index contributed by atoms with van der Waals surface area (Å²) in [4.78, 5) is 52.6. The first-order valence-corrected chi connectivity index (χ1v) is 13.8. The van der Waals surface area contributed by atoms with E-state index in [1.54, 1.807) is 6.92 Å². The van der Waals surface area contributed by atoms with Crippen LogP contribution in [0.4, 0.5) is 18.0 Å². The predicted molar refractivity (Wildman–Crippen MR) is 126 cm³/mol. The Morgan fingerprint density at radius 2 is 1.80 bits per heavy atom. The van der Waals surface area contributed by atoms with Crippen molar-refractivity contribution in [3.8, 4) is 0 Å². The Bertz CT molecular complexity index is 1020. The summed E-state index contributed by atoms with van der Waals surface area (Å²) in [5.41, 5.74) is 6.48. The van der Waals surface area contributed by atoms with Crippen molar-refractivity contribution in [1.82, 2.24) is 15.4 Å². The number of carboxylic acids is 1. The van der Waals surface area contributed by atoms with Crippen molar-refractivity contribution in [3.05, 3.63) is 0 Å². The van der Waals surface area contributed by atoms with E-state index in [-0.39, 0.29) is 26.3 Å². The number of nitrogens with two attached hydrogens (primary N) is 1. The fraction of sp³-hybridized carbons (Fsp3) is 0.810. The molecule has 1 aliphatic carbocycles. The maximum Gasteiger partial charge on any atom is 0.490 e. The molecule has 0 spiro atoms. The summed E-state index contributed by atoms with van der Waals surface area (Å²) in [5.74, 6) is -3.78. The SMILES string of the molecule is CCOC(=O)C1(COS(=O)(=O)ON2C(=O)N3C[C@H]2CC[C@H]3C(=O)NOCCN)CCCCC1.O=C(O)C(F)(F)F. The number of nitrogens with zero attached hydrogens (tertiary/aromatic N) is 2. The van der Waals surface area contributed by atoms with Gasteiger partial charge in [0.05, 0.1) is 31.3 Å². The first kappa shape index (κ1) is 33.5. The van der Waals surface area contributed by atoms with Gasteiger partial charge in [-0.25, -0.2) is 19.3 Å². The van der Waals surface area contributed by atoms with Crippen molar-refractivity contribution in [2.45, 2.75) is 70.1 Å². The van der Waals surface area contributed by atoms with E-state index >= 15 is 0 Å². The monoisotopic (exact) mass is 606 g/mol. The standard InChI is InChI=1S/C19H32N4O9S.C2HF3O2/c1-2-29-17(25)19(8-4-3-5-9-19)13-31-33(27,28)32-23-14-6-7-15(22(12-14)18(23)26)16(24)21-30-11-10-20;3-2(4,5)1(6)7/h14-15H,2-13,20H2,1H3,(H,21,24);(H,6,7)/t14-,15+;/m1./s1. The van der Waals surface area contributed by atoms with Crippen LogP contribution in [-0.2, 0) is 42.8 Å². The number of fused-ring (bicyclic) bond motifs is 2. The quantitative estimate of drug-likeness (QED) is 0.168. The van der Waals surface area contributed by atoms with Crippen LogP contribution in [0.25, 0.3) is 0 Å². The Kier molecular flexibility index (Phi) is 11.9. The number of ether oxygens (including phenoxy) is 1. The lowest BCUT2D eigenvalue weighted by atomic mass is 9.75. The lowest BCUT2D eigenvalue weighted by molar-refractivity contribution is -0.192. The summed E-state index contributed by atoms with van der Waals surface area (Å²) < 4.78 is 72.0. The number of alkyl halides is 3. The first-order chi connectivity index (χ1) is 18.7. The number of rotatable bonds is 11. The number of hydroxylamine groups is 3. The van der Waals surface area contributed by atoms with Gasteiger partial charge in [-0.2, -0.15) is 26.7 Å². The van der Waals surface area contributed by atoms with Gasteiger partial charge in [0.15, 0.2) is 0 Å². The van der Waals surface area contributed by atoms with Gasteiger partial charge in [0.1, 0.15) is 6.04 Å². The summed E-state index contributed by atoms with van der Waals surface area (Å²) in [6.45, 7) is 1.89. The van der Waals surface area contributed by atoms with Gasteiger partial charge < -0.3 is 20.5 Å². The van der Waals surface area contributed by atoms with E-state index in [0.29, 0.717) is 25.7 Å². The Morgan fingerprint density at radius 1 is 1.18 bits per heavy atom. The smallest absolute Gasteiger partial charge is 0.475 e. The molecule has 3 amide bonds. The summed E-state index contributed by atoms with van der Waals surface area (Å²) >= 11 is 0. The lowest BCUT2D eigenvalue weighted by Crippen LogP contribution is -2.50. The van der Waals surface area contributed by atoms with E-state index in [2.05, 4.69) is 5.48 Å². The molecule has 2 saturated heterocycles. The second-order valence-corrected chi connectivity index (χ2v) is 10.4. The number of hydrogen-bond acceptors (Lipinski definition) is 11. The predicted octanol–water partition coefficient (Wildman–Crippen LogP) is 0.601. The third-order valence-corrected chi connectivity index (χ3v) is 7.18. The summed E-state index contributed by atoms with van der Waals surface area (Å²) in [6, 6.07) is -2.14. The molecule has 3 aliphatic rings. The molecular formula is C21H33F3N4O11S. The van der Waals surface area contributed by atoms with Gasteiger partial charge in [-0.05, 0) is 32.6 Å². The minimum Gasteiger partial charge on any atom is -0.475 e. The van der Waals surface area contributed by atoms with Gasteiger partial charge in [0.2, 0.25) is 0 Å². The highest BCUT2D eigenvalue weighted by atomic mass is 32.3. The Labute approximate surface area is 228 Å². The first-order valence-electron chi connectivity index (χ1n) is 12.4. The van der Waals surface area contributed by atoms with Crippen molar-refractivity contribution in [1.29, 1.82) is 0 Å². The third kappa shape index (κ3) is 8.88. The van der Waals surface area contributed by atoms with E-state index in [1.807, 2.05) is 0 Å². The molecule has 2 bridgehead atoms. The molecule has 0 unspecified atom stereocenters. The zero-order chi connectivity index (χ0) is 30.1. The normalized spacial score (nSPS) is 22.3. The maximum atomic E-state index is 12.8. The Balaban J connectivity index is 0.000000708. The molecule has 40 heavy (non-hydrogen) atoms. The number of halogens is 3. The zero-order valence-electron chi connectivity index (χ0n) is 21.7. The summed E-state index contributed by atoms with van der Waals surface area (Å²) in [6.07, 6.45) is -1.09. The summed E-state index contributed by atoms with van der Waals surface area (Å²) in [7, 11) is -4.65. The number of carboxylic acid groups (broad SMARTS) is 1. The van der Waals surface area contributed by atoms with Crippen LogP contribution in [0.2, 0.25) is 0 Å². The molecule has 2 atom stereocenters. The van der Waals surface area contributed by atoms with Gasteiger partial charge in [0, 0.05) is 13.1 Å². The number of aliphatic carboxylic acids is 1. The Hall–Kier alpha value is -2.74. The van der Waals surface area contributed by atoms with E-state index in [1.165, 1.54) is 4.90 Å². The number of piperidine rings is 1. The molecule has 3 fully saturated rings. The zero-order valence-corrected chi connectivity index (χ0v) is 22.5. The molecule has 2 heterocycles. The van der Waals surface area contributed by atoms with Gasteiger partial charge in [-0.15, -0.1) is 4.28 Å². The molecule has 0 aromatic carbocycles. The van der Waals surface area contributed by atoms with E-state index in [4.69, 9.17) is 33.7 Å². The highest BCUT2D eigenvalue weighted by Gasteiger charge is 2.50. The number of nitrogens with one attached hydrogen (secondary N) is 1. The van der Waals surface area contributed by atoms with E-state index in [0.717, 1.165) is 24.3 Å². The Morgan fingerprint density at radius 3 is 2.35 bits per heavy atom. The van der Waals surface area contributed by atoms with E-state index < -0.39 is 64.6 Å². The van der Waals surface area contributed by atoms with E-state index in [9.17, 15) is 36.0 Å². The molecular weight excluding hydrogens is 573 g/mol. The number of hydrogen-bond donors (Lipinski definition) is 3. The van der Waals surface area contributed by atoms with Crippen LogP contribution in [0.3, 0.4) is 0 Å². The van der Waals surface area contributed by atoms with Crippen molar-refractivity contribution < 1.29 is 63.9 Å². The molecule has 15 nitrogen and oxygen atoms in total. The fourth-order valence-corrected chi connectivity index (χ4v) is 5.27. The van der Waals surface area contributed by atoms with Crippen LogP contribution in [0.1, 0.15) is 51.9 Å². The number of esters is 1. The number of carbonyl (C=O) groups excluding carboxylic acids is 3. The fourth-order valence-electron chi connectivity index (χ4n) is 4.48. The molecule has 4 N–H and O–H groups in total. The molecule has 0 radical (unpaired) electrons. The minimum absolute atomic E-state index is 0.118. The largest absolute Gasteiger partial charge is 0.490 e. The molecule has 3 rings (SSSR count). The highest BCUT2D eigenvalue weighted by Crippen LogP contribution is 2.39. The number of urea groups is 1. The van der Waals surface area contributed by atoms with Crippen molar-refractivity contribution in [2.75, 3.05) is 32.9 Å². The van der Waals surface area contributed by atoms with Crippen LogP contribution in [-0.4, -0.2) is 98.5 Å². The molecule has 230 valence electrons. The lowest BCUT2D eigenvalue weighted by Gasteiger charge is -2.34.